The Hall–Kier alpha value is -1.11. The Morgan fingerprint density at radius 2 is 2.15 bits per heavy atom. The summed E-state index contributed by atoms with van der Waals surface area (Å²) in [6.45, 7) is 1.04. The van der Waals surface area contributed by atoms with Crippen LogP contribution in [0.5, 0.6) is 0 Å². The summed E-state index contributed by atoms with van der Waals surface area (Å²) in [7, 11) is 0. The van der Waals surface area contributed by atoms with Gasteiger partial charge in [0.05, 0.1) is 0 Å². The van der Waals surface area contributed by atoms with Gasteiger partial charge in [-0.3, -0.25) is 4.99 Å². The van der Waals surface area contributed by atoms with E-state index in [-0.39, 0.29) is 0 Å². The van der Waals surface area contributed by atoms with Gasteiger partial charge in [0.2, 0.25) is 0 Å². The summed E-state index contributed by atoms with van der Waals surface area (Å²) in [5, 5.41) is 0. The minimum Gasteiger partial charge on any atom is -0.289 e. The van der Waals surface area contributed by atoms with E-state index in [4.69, 9.17) is 0 Å². The maximum absolute atomic E-state index is 4.65. The van der Waals surface area contributed by atoms with Crippen molar-refractivity contribution < 1.29 is 0 Å². The highest BCUT2D eigenvalue weighted by atomic mass is 14.8. The van der Waals surface area contributed by atoms with E-state index in [0.29, 0.717) is 0 Å². The molecule has 13 heavy (non-hydrogen) atoms. The molecule has 1 unspecified atom stereocenters. The summed E-state index contributed by atoms with van der Waals surface area (Å²) in [5.41, 5.74) is 4.32. The van der Waals surface area contributed by atoms with E-state index in [1.807, 2.05) is 0 Å². The van der Waals surface area contributed by atoms with Crippen LogP contribution in [0.3, 0.4) is 0 Å². The lowest BCUT2D eigenvalue weighted by molar-refractivity contribution is 0.581. The van der Waals surface area contributed by atoms with Crippen LogP contribution in [0.25, 0.3) is 0 Å². The van der Waals surface area contributed by atoms with Crippen LogP contribution in [0, 0.1) is 5.92 Å². The lowest BCUT2D eigenvalue weighted by Crippen LogP contribution is -2.15. The summed E-state index contributed by atoms with van der Waals surface area (Å²) >= 11 is 0. The summed E-state index contributed by atoms with van der Waals surface area (Å²) < 4.78 is 0. The second-order valence-corrected chi connectivity index (χ2v) is 3.97. The molecule has 1 aliphatic heterocycles. The molecule has 0 fully saturated rings. The fourth-order valence-electron chi connectivity index (χ4n) is 2.52. The van der Waals surface area contributed by atoms with E-state index in [1.54, 1.807) is 0 Å². The summed E-state index contributed by atoms with van der Waals surface area (Å²) in [4.78, 5) is 4.65. The van der Waals surface area contributed by atoms with Crippen LogP contribution >= 0.6 is 0 Å². The number of rotatable bonds is 0. The second kappa shape index (κ2) is 2.69. The zero-order chi connectivity index (χ0) is 8.67. The molecule has 1 aliphatic carbocycles. The molecular formula is C12H13N. The Morgan fingerprint density at radius 1 is 1.23 bits per heavy atom. The summed E-state index contributed by atoms with van der Waals surface area (Å²) in [6, 6.07) is 8.73. The third kappa shape index (κ3) is 1.03. The van der Waals surface area contributed by atoms with Crippen molar-refractivity contribution in [2.75, 3.05) is 6.54 Å². The highest BCUT2D eigenvalue weighted by molar-refractivity contribution is 6.06. The molecule has 0 aromatic heterocycles. The van der Waals surface area contributed by atoms with Crippen molar-refractivity contribution >= 4 is 5.71 Å². The monoisotopic (exact) mass is 171 g/mol. The number of hydrogen-bond acceptors (Lipinski definition) is 1. The molecule has 0 saturated carbocycles. The van der Waals surface area contributed by atoms with Crippen molar-refractivity contribution in [2.45, 2.75) is 19.3 Å². The first-order chi connectivity index (χ1) is 6.45. The highest BCUT2D eigenvalue weighted by Crippen LogP contribution is 2.32. The molecule has 66 valence electrons. The maximum atomic E-state index is 4.65. The fraction of sp³-hybridized carbons (Fsp3) is 0.417. The van der Waals surface area contributed by atoms with Gasteiger partial charge >= 0.3 is 0 Å². The molecule has 0 N–H and O–H groups in total. The lowest BCUT2D eigenvalue weighted by atomic mass is 9.96. The van der Waals surface area contributed by atoms with Crippen LogP contribution < -0.4 is 0 Å². The topological polar surface area (TPSA) is 12.4 Å². The quantitative estimate of drug-likeness (QED) is 0.568. The van der Waals surface area contributed by atoms with Gasteiger partial charge in [-0.1, -0.05) is 24.3 Å². The van der Waals surface area contributed by atoms with Gasteiger partial charge in [-0.15, -0.1) is 0 Å². The van der Waals surface area contributed by atoms with Crippen molar-refractivity contribution in [3.63, 3.8) is 0 Å². The number of hydrogen-bond donors (Lipinski definition) is 0. The van der Waals surface area contributed by atoms with E-state index in [2.05, 4.69) is 29.3 Å². The Balaban J connectivity index is 2.13. The Morgan fingerprint density at radius 3 is 3.15 bits per heavy atom. The third-order valence-electron chi connectivity index (χ3n) is 3.14. The van der Waals surface area contributed by atoms with Gasteiger partial charge in [-0.25, -0.2) is 0 Å². The average molecular weight is 171 g/mol. The smallest absolute Gasteiger partial charge is 0.0457 e. The molecule has 1 aromatic rings. The van der Waals surface area contributed by atoms with Crippen molar-refractivity contribution in [2.24, 2.45) is 10.9 Å². The van der Waals surface area contributed by atoms with Gasteiger partial charge in [-0.05, 0) is 30.4 Å². The minimum absolute atomic E-state index is 0.742. The van der Waals surface area contributed by atoms with E-state index in [9.17, 15) is 0 Å². The molecule has 1 aromatic carbocycles. The first-order valence-electron chi connectivity index (χ1n) is 5.08. The highest BCUT2D eigenvalue weighted by Gasteiger charge is 2.28. The van der Waals surface area contributed by atoms with Crippen LogP contribution in [0.4, 0.5) is 0 Å². The van der Waals surface area contributed by atoms with Gasteiger partial charge in [-0.2, -0.15) is 0 Å². The molecule has 0 amide bonds. The molecule has 1 heteroatoms. The molecule has 0 saturated heterocycles. The number of aliphatic imine (C=N–C) groups is 1. The van der Waals surface area contributed by atoms with Crippen molar-refractivity contribution in [1.29, 1.82) is 0 Å². The van der Waals surface area contributed by atoms with E-state index >= 15 is 0 Å². The van der Waals surface area contributed by atoms with Gasteiger partial charge in [0.15, 0.2) is 0 Å². The number of nitrogens with zero attached hydrogens (tertiary/aromatic N) is 1. The van der Waals surface area contributed by atoms with Crippen LogP contribution in [-0.4, -0.2) is 12.3 Å². The van der Waals surface area contributed by atoms with E-state index in [0.717, 1.165) is 12.5 Å². The van der Waals surface area contributed by atoms with Gasteiger partial charge in [0.25, 0.3) is 0 Å². The van der Waals surface area contributed by atoms with E-state index in [1.165, 1.54) is 36.1 Å². The Kier molecular flexibility index (Phi) is 1.51. The van der Waals surface area contributed by atoms with Gasteiger partial charge in [0.1, 0.15) is 0 Å². The number of benzene rings is 1. The molecule has 2 aliphatic rings. The van der Waals surface area contributed by atoms with Gasteiger partial charge < -0.3 is 0 Å². The molecule has 1 nitrogen and oxygen atoms in total. The predicted octanol–water partition coefficient (Wildman–Crippen LogP) is 2.44. The zero-order valence-corrected chi connectivity index (χ0v) is 7.66. The van der Waals surface area contributed by atoms with E-state index < -0.39 is 0 Å². The molecule has 0 bridgehead atoms. The second-order valence-electron chi connectivity index (χ2n) is 3.97. The standard InChI is InChI=1S/C12H13N/c1-2-6-11-9(4-1)8-10-5-3-7-13-12(10)11/h1-2,4,6,10H,3,5,7-8H2. The first-order valence-corrected chi connectivity index (χ1v) is 5.08. The SMILES string of the molecule is c1ccc2c(c1)CC1CCCN=C21. The molecule has 3 rings (SSSR count). The van der Waals surface area contributed by atoms with Crippen LogP contribution in [0.2, 0.25) is 0 Å². The normalized spacial score (nSPS) is 24.9. The molecular weight excluding hydrogens is 158 g/mol. The lowest BCUT2D eigenvalue weighted by Gasteiger charge is -2.15. The molecule has 1 atom stereocenters. The first kappa shape index (κ1) is 7.31. The molecule has 1 heterocycles. The molecule has 0 radical (unpaired) electrons. The fourth-order valence-corrected chi connectivity index (χ4v) is 2.52. The Labute approximate surface area is 78.5 Å². The van der Waals surface area contributed by atoms with Crippen LogP contribution in [0.1, 0.15) is 24.0 Å². The van der Waals surface area contributed by atoms with Crippen LogP contribution in [-0.2, 0) is 6.42 Å². The molecule has 0 spiro atoms. The van der Waals surface area contributed by atoms with Crippen molar-refractivity contribution in [3.05, 3.63) is 35.4 Å². The summed E-state index contributed by atoms with van der Waals surface area (Å²) in [6.07, 6.45) is 3.85. The predicted molar refractivity (Wildman–Crippen MR) is 54.3 cm³/mol. The maximum Gasteiger partial charge on any atom is 0.0457 e. The van der Waals surface area contributed by atoms with Crippen LogP contribution in [0.15, 0.2) is 29.3 Å². The largest absolute Gasteiger partial charge is 0.289 e. The third-order valence-corrected chi connectivity index (χ3v) is 3.14. The van der Waals surface area contributed by atoms with Crippen molar-refractivity contribution in [1.82, 2.24) is 0 Å². The number of fused-ring (bicyclic) bond motifs is 3. The Bertz CT molecular complexity index is 365. The zero-order valence-electron chi connectivity index (χ0n) is 7.66. The summed E-state index contributed by atoms with van der Waals surface area (Å²) in [5.74, 6) is 0.742. The average Bonchev–Trinajstić information content (AvgIpc) is 2.56. The van der Waals surface area contributed by atoms with Gasteiger partial charge in [0, 0.05) is 18.2 Å². The minimum atomic E-state index is 0.742. The van der Waals surface area contributed by atoms with Crippen molar-refractivity contribution in [3.8, 4) is 0 Å².